The summed E-state index contributed by atoms with van der Waals surface area (Å²) in [5.74, 6) is -0.717. The first-order valence-corrected chi connectivity index (χ1v) is 24.9. The van der Waals surface area contributed by atoms with Crippen LogP contribution in [0.2, 0.25) is 0 Å². The number of imide groups is 2. The van der Waals surface area contributed by atoms with Crippen molar-refractivity contribution in [3.05, 3.63) is 83.3 Å². The molecule has 0 saturated carbocycles. The minimum Gasteiger partial charge on any atom is -0.378 e. The number of unbranched alkanes of at least 4 members (excludes halogenated alkanes) is 1. The molecule has 1 atom stereocenters. The van der Waals surface area contributed by atoms with Gasteiger partial charge in [0.15, 0.2) is 11.5 Å². The molecule has 3 fully saturated rings. The van der Waals surface area contributed by atoms with Crippen molar-refractivity contribution >= 4 is 65.0 Å². The van der Waals surface area contributed by atoms with E-state index in [1.54, 1.807) is 47.6 Å². The normalized spacial score (nSPS) is 17.6. The molecule has 6 heterocycles. The van der Waals surface area contributed by atoms with Gasteiger partial charge < -0.3 is 39.0 Å². The third-order valence-corrected chi connectivity index (χ3v) is 13.5. The Hall–Kier alpha value is -6.13. The van der Waals surface area contributed by atoms with E-state index < -0.39 is 29.7 Å². The number of hydrogen-bond acceptors (Lipinski definition) is 16. The van der Waals surface area contributed by atoms with Gasteiger partial charge in [-0.1, -0.05) is 25.0 Å². The Morgan fingerprint density at radius 2 is 1.51 bits per heavy atom. The van der Waals surface area contributed by atoms with Crippen molar-refractivity contribution in [2.45, 2.75) is 55.9 Å². The van der Waals surface area contributed by atoms with E-state index in [0.717, 1.165) is 42.6 Å². The van der Waals surface area contributed by atoms with E-state index >= 15 is 0 Å². The van der Waals surface area contributed by atoms with E-state index in [1.807, 2.05) is 23.1 Å². The Kier molecular flexibility index (Phi) is 19.8. The Labute approximate surface area is 411 Å². The first-order chi connectivity index (χ1) is 34.2. The van der Waals surface area contributed by atoms with Crippen LogP contribution in [-0.4, -0.2) is 182 Å². The minimum absolute atomic E-state index is 0.0442. The van der Waals surface area contributed by atoms with Crippen molar-refractivity contribution < 1.29 is 52.5 Å². The largest absolute Gasteiger partial charge is 0.378 e. The number of piperidine rings is 2. The Morgan fingerprint density at radius 1 is 0.771 bits per heavy atom. The molecule has 1 aromatic carbocycles. The molecule has 374 valence electrons. The summed E-state index contributed by atoms with van der Waals surface area (Å²) >= 11 is 1.38. The van der Waals surface area contributed by atoms with Gasteiger partial charge in [-0.3, -0.25) is 48.8 Å². The van der Waals surface area contributed by atoms with Gasteiger partial charge in [0, 0.05) is 81.4 Å². The number of ether oxygens (including phenoxy) is 4. The smallest absolute Gasteiger partial charge is 0.274 e. The monoisotopic (exact) mass is 983 g/mol. The number of aromatic nitrogens is 3. The highest BCUT2D eigenvalue weighted by Gasteiger charge is 2.45. The summed E-state index contributed by atoms with van der Waals surface area (Å²) in [5, 5.41) is 13.8. The molecule has 0 bridgehead atoms. The predicted octanol–water partition coefficient (Wildman–Crippen LogP) is 2.63. The van der Waals surface area contributed by atoms with Crippen molar-refractivity contribution in [2.75, 3.05) is 109 Å². The van der Waals surface area contributed by atoms with Crippen LogP contribution in [0.15, 0.2) is 65.8 Å². The zero-order chi connectivity index (χ0) is 49.1. The number of benzene rings is 1. The Morgan fingerprint density at radius 3 is 2.21 bits per heavy atom. The molecule has 70 heavy (non-hydrogen) atoms. The molecule has 0 aliphatic carbocycles. The number of hydrogen-bond donors (Lipinski definition) is 2. The number of rotatable bonds is 25. The lowest BCUT2D eigenvalue weighted by Crippen LogP contribution is -2.54. The van der Waals surface area contributed by atoms with Crippen LogP contribution in [0.25, 0.3) is 6.08 Å². The topological polar surface area (TPSA) is 232 Å². The van der Waals surface area contributed by atoms with Crippen molar-refractivity contribution in [3.63, 3.8) is 0 Å². The molecule has 2 aromatic heterocycles. The summed E-state index contributed by atoms with van der Waals surface area (Å²) in [6.07, 6.45) is 11.7. The van der Waals surface area contributed by atoms with Gasteiger partial charge in [-0.15, -0.1) is 22.0 Å². The van der Waals surface area contributed by atoms with Crippen LogP contribution in [0.5, 0.6) is 0 Å². The lowest BCUT2D eigenvalue weighted by molar-refractivity contribution is -0.137. The fourth-order valence-corrected chi connectivity index (χ4v) is 9.52. The van der Waals surface area contributed by atoms with Crippen LogP contribution >= 0.6 is 11.8 Å². The van der Waals surface area contributed by atoms with E-state index in [1.165, 1.54) is 17.8 Å². The second kappa shape index (κ2) is 26.7. The number of carbonyl (C=O) groups excluding carboxylic acids is 7. The number of anilines is 1. The molecule has 3 aromatic rings. The number of amides is 7. The van der Waals surface area contributed by atoms with Gasteiger partial charge in [0.2, 0.25) is 23.6 Å². The summed E-state index contributed by atoms with van der Waals surface area (Å²) < 4.78 is 22.4. The Balaban J connectivity index is 0.663. The number of pyridine rings is 1. The highest BCUT2D eigenvalue weighted by atomic mass is 32.2. The number of nitrogens with one attached hydrogen (secondary N) is 2. The summed E-state index contributed by atoms with van der Waals surface area (Å²) in [4.78, 5) is 99.6. The molecule has 7 rings (SSSR count). The lowest BCUT2D eigenvalue weighted by Gasteiger charge is -2.35. The minimum atomic E-state index is -1.01. The van der Waals surface area contributed by atoms with Crippen LogP contribution in [0.1, 0.15) is 81.7 Å². The zero-order valence-corrected chi connectivity index (χ0v) is 40.1. The maximum atomic E-state index is 13.3. The Bertz CT molecular complexity index is 2310. The number of fused-ring (bicyclic) bond motifs is 1. The predicted molar refractivity (Wildman–Crippen MR) is 257 cm³/mol. The average molecular weight is 984 g/mol. The van der Waals surface area contributed by atoms with Crippen molar-refractivity contribution in [1.29, 1.82) is 0 Å². The van der Waals surface area contributed by atoms with Gasteiger partial charge in [0.25, 0.3) is 17.7 Å². The molecule has 2 N–H and O–H groups in total. The van der Waals surface area contributed by atoms with Crippen molar-refractivity contribution in [3.8, 4) is 0 Å². The van der Waals surface area contributed by atoms with E-state index in [2.05, 4.69) is 30.7 Å². The SMILES string of the molecule is O=C(/C=C/c1cccnc1)NCCCCC1CCN(C(=O)c2ccc(N3CCN(C(=O)COCCOCCOCCOCCSc4cccc5c4C(=O)N(C4CCC(=O)NC4=O)C5=O)CC3)nn2)CC1. The molecule has 0 spiro atoms. The lowest BCUT2D eigenvalue weighted by atomic mass is 9.91. The van der Waals surface area contributed by atoms with E-state index in [9.17, 15) is 33.6 Å². The maximum absolute atomic E-state index is 13.3. The highest BCUT2D eigenvalue weighted by Crippen LogP contribution is 2.34. The first kappa shape index (κ1) is 51.7. The van der Waals surface area contributed by atoms with E-state index in [-0.39, 0.29) is 54.9 Å². The van der Waals surface area contributed by atoms with Gasteiger partial charge in [-0.25, -0.2) is 0 Å². The molecule has 4 aliphatic rings. The van der Waals surface area contributed by atoms with Crippen molar-refractivity contribution in [2.24, 2.45) is 5.92 Å². The zero-order valence-electron chi connectivity index (χ0n) is 39.3. The third-order valence-electron chi connectivity index (χ3n) is 12.4. The van der Waals surface area contributed by atoms with Gasteiger partial charge in [-0.05, 0) is 73.6 Å². The molecule has 1 unspecified atom stereocenters. The van der Waals surface area contributed by atoms with Crippen LogP contribution in [0.3, 0.4) is 0 Å². The van der Waals surface area contributed by atoms with Crippen LogP contribution in [-0.2, 0) is 38.1 Å². The average Bonchev–Trinajstić information content (AvgIpc) is 3.64. The molecular formula is C49H61N9O11S. The quantitative estimate of drug-likeness (QED) is 0.0538. The number of thioether (sulfide) groups is 1. The van der Waals surface area contributed by atoms with E-state index in [0.29, 0.717) is 114 Å². The highest BCUT2D eigenvalue weighted by molar-refractivity contribution is 7.99. The van der Waals surface area contributed by atoms with Gasteiger partial charge in [0.05, 0.1) is 57.4 Å². The molecular weight excluding hydrogens is 923 g/mol. The number of piperazine rings is 1. The molecule has 4 aliphatic heterocycles. The summed E-state index contributed by atoms with van der Waals surface area (Å²) in [6, 6.07) is 11.3. The maximum Gasteiger partial charge on any atom is 0.274 e. The number of carbonyl (C=O) groups is 7. The van der Waals surface area contributed by atoms with Crippen LogP contribution in [0.4, 0.5) is 5.82 Å². The van der Waals surface area contributed by atoms with Gasteiger partial charge in [-0.2, -0.15) is 0 Å². The summed E-state index contributed by atoms with van der Waals surface area (Å²) in [6.45, 7) is 6.54. The second-order valence-corrected chi connectivity index (χ2v) is 18.3. The first-order valence-electron chi connectivity index (χ1n) is 24.0. The van der Waals surface area contributed by atoms with E-state index in [4.69, 9.17) is 18.9 Å². The number of nitrogens with zero attached hydrogens (tertiary/aromatic N) is 7. The standard InChI is InChI=1S/C49H61N9O11S/c59-42(13-9-36-6-4-17-50-33-36)51-18-2-1-5-35-15-19-57(20-16-35)48(64)38-10-12-41(54-53-38)55-21-23-56(24-22-55)44(61)34-69-30-29-67-26-25-66-27-28-68-31-32-70-40-8-3-7-37-45(40)49(65)58(47(37)63)39-11-14-43(60)52-46(39)62/h3-4,6-10,12-13,17,33,35,39H,1-2,5,11,14-16,18-32,34H2,(H,51,59)(H,52,60,62)/b13-9+. The molecule has 0 radical (unpaired) electrons. The van der Waals surface area contributed by atoms with Crippen LogP contribution < -0.4 is 15.5 Å². The van der Waals surface area contributed by atoms with Crippen molar-refractivity contribution in [1.82, 2.24) is 40.5 Å². The van der Waals surface area contributed by atoms with Gasteiger partial charge in [0.1, 0.15) is 12.6 Å². The summed E-state index contributed by atoms with van der Waals surface area (Å²) in [5.41, 5.74) is 1.72. The molecule has 3 saturated heterocycles. The fourth-order valence-electron chi connectivity index (χ4n) is 8.58. The second-order valence-electron chi connectivity index (χ2n) is 17.2. The summed E-state index contributed by atoms with van der Waals surface area (Å²) in [7, 11) is 0. The molecule has 21 heteroatoms. The molecule has 7 amide bonds. The van der Waals surface area contributed by atoms with Crippen LogP contribution in [0, 0.1) is 5.92 Å². The number of likely N-dealkylation sites (tertiary alicyclic amines) is 1. The third kappa shape index (κ3) is 14.7. The van der Waals surface area contributed by atoms with Gasteiger partial charge >= 0.3 is 0 Å². The fraction of sp³-hybridized carbons (Fsp3) is 0.510. The molecule has 20 nitrogen and oxygen atoms in total.